The summed E-state index contributed by atoms with van der Waals surface area (Å²) in [4.78, 5) is 4.16. The lowest BCUT2D eigenvalue weighted by atomic mass is 10.3. The van der Waals surface area contributed by atoms with Crippen LogP contribution < -0.4 is 10.1 Å². The highest BCUT2D eigenvalue weighted by Crippen LogP contribution is 2.23. The highest BCUT2D eigenvalue weighted by molar-refractivity contribution is 9.10. The lowest BCUT2D eigenvalue weighted by molar-refractivity contribution is 0.330. The van der Waals surface area contributed by atoms with Crippen molar-refractivity contribution >= 4 is 15.9 Å². The van der Waals surface area contributed by atoms with Gasteiger partial charge in [0.25, 0.3) is 0 Å². The van der Waals surface area contributed by atoms with E-state index in [1.807, 2.05) is 31.3 Å². The van der Waals surface area contributed by atoms with Crippen LogP contribution >= 0.6 is 15.9 Å². The Morgan fingerprint density at radius 2 is 2.38 bits per heavy atom. The minimum atomic E-state index is 0.253. The standard InChI is InChI=1S/C11H11BrN2O2/c1-13-6-9-7-15-11(14-9)16-10-4-2-3-8(12)5-10/h2-5,7,13H,6H2,1H3. The average Bonchev–Trinajstić information content (AvgIpc) is 2.66. The summed E-state index contributed by atoms with van der Waals surface area (Å²) < 4.78 is 11.6. The molecule has 1 N–H and O–H groups in total. The molecule has 4 nitrogen and oxygen atoms in total. The minimum absolute atomic E-state index is 0.253. The highest BCUT2D eigenvalue weighted by Gasteiger charge is 2.05. The molecule has 0 aliphatic carbocycles. The molecule has 16 heavy (non-hydrogen) atoms. The van der Waals surface area contributed by atoms with Crippen molar-refractivity contribution in [2.45, 2.75) is 6.54 Å². The zero-order valence-electron chi connectivity index (χ0n) is 8.74. The van der Waals surface area contributed by atoms with Crippen molar-refractivity contribution in [1.29, 1.82) is 0 Å². The summed E-state index contributed by atoms with van der Waals surface area (Å²) in [6.45, 7) is 0.658. The molecule has 0 unspecified atom stereocenters. The molecule has 2 aromatic rings. The monoisotopic (exact) mass is 282 g/mol. The molecular weight excluding hydrogens is 272 g/mol. The molecule has 84 valence electrons. The van der Waals surface area contributed by atoms with E-state index in [1.54, 1.807) is 6.26 Å². The van der Waals surface area contributed by atoms with E-state index in [0.717, 1.165) is 10.2 Å². The summed E-state index contributed by atoms with van der Waals surface area (Å²) in [5.41, 5.74) is 0.812. The Hall–Kier alpha value is -1.33. The highest BCUT2D eigenvalue weighted by atomic mass is 79.9. The molecule has 0 saturated carbocycles. The van der Waals surface area contributed by atoms with Gasteiger partial charge in [-0.05, 0) is 25.2 Å². The second-order valence-electron chi connectivity index (χ2n) is 3.19. The van der Waals surface area contributed by atoms with Crippen LogP contribution in [0.2, 0.25) is 0 Å². The summed E-state index contributed by atoms with van der Waals surface area (Å²) in [5, 5.41) is 2.98. The Kier molecular flexibility index (Phi) is 3.58. The minimum Gasteiger partial charge on any atom is -0.417 e. The van der Waals surface area contributed by atoms with Crippen molar-refractivity contribution in [2.24, 2.45) is 0 Å². The van der Waals surface area contributed by atoms with Gasteiger partial charge in [0.05, 0.1) is 5.69 Å². The van der Waals surface area contributed by atoms with Crippen LogP contribution in [0.3, 0.4) is 0 Å². The van der Waals surface area contributed by atoms with Crippen molar-refractivity contribution in [2.75, 3.05) is 7.05 Å². The van der Waals surface area contributed by atoms with Crippen LogP contribution in [0.1, 0.15) is 5.69 Å². The van der Waals surface area contributed by atoms with Gasteiger partial charge in [0, 0.05) is 11.0 Å². The normalized spacial score (nSPS) is 10.4. The Balaban J connectivity index is 2.08. The molecule has 0 amide bonds. The summed E-state index contributed by atoms with van der Waals surface area (Å²) >= 11 is 3.36. The van der Waals surface area contributed by atoms with E-state index in [1.165, 1.54) is 0 Å². The molecule has 0 aliphatic rings. The van der Waals surface area contributed by atoms with Gasteiger partial charge in [-0.3, -0.25) is 0 Å². The van der Waals surface area contributed by atoms with Crippen molar-refractivity contribution in [1.82, 2.24) is 10.3 Å². The number of rotatable bonds is 4. The molecule has 0 bridgehead atoms. The maximum Gasteiger partial charge on any atom is 0.399 e. The molecule has 1 aromatic carbocycles. The third kappa shape index (κ3) is 2.84. The van der Waals surface area contributed by atoms with E-state index in [9.17, 15) is 0 Å². The number of hydrogen-bond acceptors (Lipinski definition) is 4. The molecule has 0 fully saturated rings. The Labute approximate surface area is 102 Å². The van der Waals surface area contributed by atoms with Crippen LogP contribution in [-0.4, -0.2) is 12.0 Å². The Morgan fingerprint density at radius 1 is 1.50 bits per heavy atom. The van der Waals surface area contributed by atoms with E-state index in [2.05, 4.69) is 26.2 Å². The molecular formula is C11H11BrN2O2. The van der Waals surface area contributed by atoms with E-state index in [-0.39, 0.29) is 6.08 Å². The molecule has 0 saturated heterocycles. The van der Waals surface area contributed by atoms with Crippen LogP contribution in [-0.2, 0) is 6.54 Å². The first-order valence-electron chi connectivity index (χ1n) is 4.80. The molecule has 0 spiro atoms. The predicted octanol–water partition coefficient (Wildman–Crippen LogP) is 2.95. The summed E-state index contributed by atoms with van der Waals surface area (Å²) in [7, 11) is 1.85. The fraction of sp³-hybridized carbons (Fsp3) is 0.182. The topological polar surface area (TPSA) is 47.3 Å². The van der Waals surface area contributed by atoms with Gasteiger partial charge in [-0.2, -0.15) is 4.98 Å². The first-order valence-corrected chi connectivity index (χ1v) is 5.59. The van der Waals surface area contributed by atoms with Gasteiger partial charge in [0.1, 0.15) is 12.0 Å². The number of halogens is 1. The lowest BCUT2D eigenvalue weighted by Gasteiger charge is -1.99. The fourth-order valence-electron chi connectivity index (χ4n) is 1.23. The van der Waals surface area contributed by atoms with Crippen LogP contribution in [0.15, 0.2) is 39.4 Å². The maximum atomic E-state index is 5.45. The molecule has 2 rings (SSSR count). The third-order valence-corrected chi connectivity index (χ3v) is 2.38. The fourth-order valence-corrected chi connectivity index (χ4v) is 1.61. The van der Waals surface area contributed by atoms with Gasteiger partial charge in [0.2, 0.25) is 0 Å². The van der Waals surface area contributed by atoms with Crippen LogP contribution in [0.5, 0.6) is 11.8 Å². The Morgan fingerprint density at radius 3 is 3.12 bits per heavy atom. The summed E-state index contributed by atoms with van der Waals surface area (Å²) in [5.74, 6) is 0.687. The third-order valence-electron chi connectivity index (χ3n) is 1.89. The van der Waals surface area contributed by atoms with Crippen molar-refractivity contribution in [3.05, 3.63) is 40.7 Å². The molecule has 1 aromatic heterocycles. The van der Waals surface area contributed by atoms with Crippen LogP contribution in [0.25, 0.3) is 0 Å². The van der Waals surface area contributed by atoms with Gasteiger partial charge in [-0.1, -0.05) is 22.0 Å². The van der Waals surface area contributed by atoms with E-state index in [4.69, 9.17) is 9.15 Å². The average molecular weight is 283 g/mol. The van der Waals surface area contributed by atoms with E-state index in [0.29, 0.717) is 12.3 Å². The summed E-state index contributed by atoms with van der Waals surface area (Å²) in [6, 6.07) is 7.50. The maximum absolute atomic E-state index is 5.45. The summed E-state index contributed by atoms with van der Waals surface area (Å²) in [6.07, 6.45) is 1.83. The lowest BCUT2D eigenvalue weighted by Crippen LogP contribution is -2.04. The molecule has 0 aliphatic heterocycles. The first kappa shape index (κ1) is 11.2. The second kappa shape index (κ2) is 5.14. The number of oxazole rings is 1. The molecule has 0 radical (unpaired) electrons. The Bertz CT molecular complexity index is 471. The van der Waals surface area contributed by atoms with Gasteiger partial charge in [-0.15, -0.1) is 0 Å². The zero-order valence-corrected chi connectivity index (χ0v) is 10.3. The first-order chi connectivity index (χ1) is 7.78. The second-order valence-corrected chi connectivity index (χ2v) is 4.11. The largest absolute Gasteiger partial charge is 0.417 e. The molecule has 5 heteroatoms. The SMILES string of the molecule is CNCc1coc(Oc2cccc(Br)c2)n1. The van der Waals surface area contributed by atoms with E-state index < -0.39 is 0 Å². The number of ether oxygens (including phenoxy) is 1. The smallest absolute Gasteiger partial charge is 0.399 e. The number of nitrogens with one attached hydrogen (secondary N) is 1. The van der Waals surface area contributed by atoms with Gasteiger partial charge in [-0.25, -0.2) is 0 Å². The number of nitrogens with zero attached hydrogens (tertiary/aromatic N) is 1. The molecule has 0 atom stereocenters. The van der Waals surface area contributed by atoms with Gasteiger partial charge >= 0.3 is 6.08 Å². The zero-order chi connectivity index (χ0) is 11.4. The number of hydrogen-bond donors (Lipinski definition) is 1. The van der Waals surface area contributed by atoms with Crippen LogP contribution in [0, 0.1) is 0 Å². The number of benzene rings is 1. The quantitative estimate of drug-likeness (QED) is 0.937. The number of aromatic nitrogens is 1. The predicted molar refractivity (Wildman–Crippen MR) is 63.5 cm³/mol. The molecule has 1 heterocycles. The van der Waals surface area contributed by atoms with Crippen LogP contribution in [0.4, 0.5) is 0 Å². The van der Waals surface area contributed by atoms with E-state index >= 15 is 0 Å². The van der Waals surface area contributed by atoms with Gasteiger partial charge in [0.15, 0.2) is 0 Å². The van der Waals surface area contributed by atoms with Gasteiger partial charge < -0.3 is 14.5 Å². The van der Waals surface area contributed by atoms with Crippen molar-refractivity contribution in [3.63, 3.8) is 0 Å². The van der Waals surface area contributed by atoms with Crippen molar-refractivity contribution in [3.8, 4) is 11.8 Å². The van der Waals surface area contributed by atoms with Crippen molar-refractivity contribution < 1.29 is 9.15 Å².